The lowest BCUT2D eigenvalue weighted by molar-refractivity contribution is -0.150. The monoisotopic (exact) mass is 318 g/mol. The predicted octanol–water partition coefficient (Wildman–Crippen LogP) is 1.87. The van der Waals surface area contributed by atoms with Crippen LogP contribution in [0.15, 0.2) is 16.9 Å². The molecule has 8 heteroatoms. The van der Waals surface area contributed by atoms with Crippen molar-refractivity contribution in [2.45, 2.75) is 32.0 Å². The fourth-order valence-electron chi connectivity index (χ4n) is 2.46. The third-order valence-electron chi connectivity index (χ3n) is 3.43. The number of ether oxygens (including phenoxy) is 1. The molecule has 0 bridgehead atoms. The highest BCUT2D eigenvalue weighted by Gasteiger charge is 2.33. The van der Waals surface area contributed by atoms with E-state index in [1.54, 1.807) is 6.92 Å². The zero-order valence-corrected chi connectivity index (χ0v) is 12.1. The Morgan fingerprint density at radius 2 is 2.00 bits per heavy atom. The van der Waals surface area contributed by atoms with E-state index in [0.29, 0.717) is 18.5 Å². The van der Waals surface area contributed by atoms with Crippen LogP contribution in [0.25, 0.3) is 0 Å². The van der Waals surface area contributed by atoms with Gasteiger partial charge in [0.2, 0.25) is 5.56 Å². The number of hydrogen-bond acceptors (Lipinski definition) is 4. The number of carbonyl (C=O) groups is 1. The Bertz CT molecular complexity index is 590. The number of esters is 1. The number of carbonyl (C=O) groups excluding carboxylic acids is 1. The van der Waals surface area contributed by atoms with Gasteiger partial charge in [-0.3, -0.25) is 9.69 Å². The van der Waals surface area contributed by atoms with E-state index in [4.69, 9.17) is 4.74 Å². The maximum Gasteiger partial charge on any atom is 0.401 e. The van der Waals surface area contributed by atoms with Gasteiger partial charge in [0, 0.05) is 24.8 Å². The fraction of sp³-hybridized carbons (Fsp3) is 0.571. The minimum Gasteiger partial charge on any atom is -0.459 e. The summed E-state index contributed by atoms with van der Waals surface area (Å²) < 4.78 is 42.1. The second-order valence-electron chi connectivity index (χ2n) is 5.41. The van der Waals surface area contributed by atoms with E-state index in [9.17, 15) is 22.8 Å². The van der Waals surface area contributed by atoms with E-state index in [2.05, 4.69) is 4.98 Å². The summed E-state index contributed by atoms with van der Waals surface area (Å²) in [6.07, 6.45) is -3.93. The SMILES string of the molecule is Cc1cc(C(=O)OC2CCN(CC(F)(F)F)CC2)cc(=O)[nH]1. The molecule has 0 aliphatic carbocycles. The van der Waals surface area contributed by atoms with Crippen LogP contribution in [0.1, 0.15) is 28.9 Å². The van der Waals surface area contributed by atoms with Gasteiger partial charge in [0.1, 0.15) is 6.10 Å². The van der Waals surface area contributed by atoms with E-state index in [1.165, 1.54) is 11.0 Å². The van der Waals surface area contributed by atoms with Crippen LogP contribution >= 0.6 is 0 Å². The van der Waals surface area contributed by atoms with Crippen LogP contribution in [0.2, 0.25) is 0 Å². The minimum atomic E-state index is -4.22. The Balaban J connectivity index is 1.88. The van der Waals surface area contributed by atoms with Crippen molar-refractivity contribution in [1.82, 2.24) is 9.88 Å². The number of nitrogens with one attached hydrogen (secondary N) is 1. The van der Waals surface area contributed by atoms with Gasteiger partial charge in [-0.1, -0.05) is 0 Å². The molecule has 5 nitrogen and oxygen atoms in total. The Hall–Kier alpha value is -1.83. The normalized spacial score (nSPS) is 17.5. The number of aryl methyl sites for hydroxylation is 1. The number of halogens is 3. The van der Waals surface area contributed by atoms with Crippen molar-refractivity contribution >= 4 is 5.97 Å². The first-order chi connectivity index (χ1) is 10.2. The summed E-state index contributed by atoms with van der Waals surface area (Å²) in [7, 11) is 0. The molecular formula is C14H17F3N2O3. The van der Waals surface area contributed by atoms with Crippen LogP contribution in [0.5, 0.6) is 0 Å². The van der Waals surface area contributed by atoms with Crippen LogP contribution in [0, 0.1) is 6.92 Å². The van der Waals surface area contributed by atoms with E-state index in [-0.39, 0.29) is 18.7 Å². The van der Waals surface area contributed by atoms with Gasteiger partial charge in [-0.25, -0.2) is 4.79 Å². The highest BCUT2D eigenvalue weighted by atomic mass is 19.4. The maximum absolute atomic E-state index is 12.3. The van der Waals surface area contributed by atoms with Gasteiger partial charge in [-0.05, 0) is 25.8 Å². The van der Waals surface area contributed by atoms with Crippen LogP contribution in [0.4, 0.5) is 13.2 Å². The summed E-state index contributed by atoms with van der Waals surface area (Å²) in [6, 6.07) is 2.65. The number of H-pyrrole nitrogens is 1. The highest BCUT2D eigenvalue weighted by Crippen LogP contribution is 2.21. The second kappa shape index (κ2) is 6.51. The van der Waals surface area contributed by atoms with Crippen LogP contribution < -0.4 is 5.56 Å². The van der Waals surface area contributed by atoms with Crippen LogP contribution in [-0.2, 0) is 4.74 Å². The molecule has 2 rings (SSSR count). The Morgan fingerprint density at radius 3 is 2.55 bits per heavy atom. The average molecular weight is 318 g/mol. The Labute approximate surface area is 125 Å². The molecule has 2 heterocycles. The lowest BCUT2D eigenvalue weighted by Crippen LogP contribution is -2.42. The molecule has 1 aromatic rings. The predicted molar refractivity (Wildman–Crippen MR) is 72.7 cm³/mol. The maximum atomic E-state index is 12.3. The minimum absolute atomic E-state index is 0.152. The number of likely N-dealkylation sites (tertiary alicyclic amines) is 1. The molecule has 0 amide bonds. The molecule has 0 spiro atoms. The summed E-state index contributed by atoms with van der Waals surface area (Å²) in [6.45, 7) is 1.16. The van der Waals surface area contributed by atoms with E-state index in [0.717, 1.165) is 6.07 Å². The van der Waals surface area contributed by atoms with Crippen molar-refractivity contribution < 1.29 is 22.7 Å². The average Bonchev–Trinajstić information content (AvgIpc) is 2.38. The van der Waals surface area contributed by atoms with E-state index < -0.39 is 30.4 Å². The molecule has 1 saturated heterocycles. The third-order valence-corrected chi connectivity index (χ3v) is 3.43. The summed E-state index contributed by atoms with van der Waals surface area (Å²) in [5, 5.41) is 0. The molecule has 1 N–H and O–H groups in total. The number of piperidine rings is 1. The number of aromatic nitrogens is 1. The van der Waals surface area contributed by atoms with E-state index >= 15 is 0 Å². The zero-order valence-electron chi connectivity index (χ0n) is 12.1. The molecule has 0 unspecified atom stereocenters. The molecule has 1 aliphatic heterocycles. The van der Waals surface area contributed by atoms with Gasteiger partial charge >= 0.3 is 12.1 Å². The van der Waals surface area contributed by atoms with Gasteiger partial charge < -0.3 is 9.72 Å². The smallest absolute Gasteiger partial charge is 0.401 e. The number of alkyl halides is 3. The quantitative estimate of drug-likeness (QED) is 0.864. The fourth-order valence-corrected chi connectivity index (χ4v) is 2.46. The molecular weight excluding hydrogens is 301 g/mol. The van der Waals surface area contributed by atoms with Gasteiger partial charge in [-0.2, -0.15) is 13.2 Å². The first-order valence-corrected chi connectivity index (χ1v) is 6.94. The highest BCUT2D eigenvalue weighted by molar-refractivity contribution is 5.89. The van der Waals surface area contributed by atoms with Crippen molar-refractivity contribution in [3.63, 3.8) is 0 Å². The zero-order chi connectivity index (χ0) is 16.3. The molecule has 1 fully saturated rings. The largest absolute Gasteiger partial charge is 0.459 e. The van der Waals surface area contributed by atoms with Crippen molar-refractivity contribution in [2.24, 2.45) is 0 Å². The molecule has 0 saturated carbocycles. The topological polar surface area (TPSA) is 62.4 Å². The van der Waals surface area contributed by atoms with Crippen molar-refractivity contribution in [3.05, 3.63) is 33.7 Å². The lowest BCUT2D eigenvalue weighted by atomic mass is 10.1. The summed E-state index contributed by atoms with van der Waals surface area (Å²) in [5.74, 6) is -0.622. The van der Waals surface area contributed by atoms with Crippen molar-refractivity contribution in [1.29, 1.82) is 0 Å². The van der Waals surface area contributed by atoms with Crippen molar-refractivity contribution in [3.8, 4) is 0 Å². The van der Waals surface area contributed by atoms with Gasteiger partial charge in [0.25, 0.3) is 0 Å². The van der Waals surface area contributed by atoms with E-state index in [1.807, 2.05) is 0 Å². The van der Waals surface area contributed by atoms with Gasteiger partial charge in [0.05, 0.1) is 12.1 Å². The Kier molecular flexibility index (Phi) is 4.90. The standard InChI is InChI=1S/C14H17F3N2O3/c1-9-6-10(7-12(20)18-9)13(21)22-11-2-4-19(5-3-11)8-14(15,16)17/h6-7,11H,2-5,8H2,1H3,(H,18,20). The third kappa shape index (κ3) is 4.87. The first-order valence-electron chi connectivity index (χ1n) is 6.94. The van der Waals surface area contributed by atoms with Crippen molar-refractivity contribution in [2.75, 3.05) is 19.6 Å². The number of aromatic amines is 1. The number of nitrogens with zero attached hydrogens (tertiary/aromatic N) is 1. The van der Waals surface area contributed by atoms with Gasteiger partial charge in [0.15, 0.2) is 0 Å². The number of pyridine rings is 1. The molecule has 22 heavy (non-hydrogen) atoms. The molecule has 1 aliphatic rings. The summed E-state index contributed by atoms with van der Waals surface area (Å²) in [5.41, 5.74) is 0.297. The number of rotatable bonds is 3. The Morgan fingerprint density at radius 1 is 1.36 bits per heavy atom. The second-order valence-corrected chi connectivity index (χ2v) is 5.41. The molecule has 122 valence electrons. The molecule has 0 aromatic carbocycles. The number of hydrogen-bond donors (Lipinski definition) is 1. The van der Waals surface area contributed by atoms with Gasteiger partial charge in [-0.15, -0.1) is 0 Å². The molecule has 1 aromatic heterocycles. The lowest BCUT2D eigenvalue weighted by Gasteiger charge is -2.31. The summed E-state index contributed by atoms with van der Waals surface area (Å²) >= 11 is 0. The van der Waals surface area contributed by atoms with Crippen LogP contribution in [-0.4, -0.2) is 47.8 Å². The summed E-state index contributed by atoms with van der Waals surface area (Å²) in [4.78, 5) is 27.1. The first kappa shape index (κ1) is 16.5. The van der Waals surface area contributed by atoms with Crippen LogP contribution in [0.3, 0.4) is 0 Å². The molecule has 0 atom stereocenters. The molecule has 0 radical (unpaired) electrons.